The molecule has 0 bridgehead atoms. The Morgan fingerprint density at radius 2 is 1.25 bits per heavy atom. The quantitative estimate of drug-likeness (QED) is 0.685. The number of pyridine rings is 1. The van der Waals surface area contributed by atoms with E-state index in [1.165, 1.54) is 0 Å². The molecule has 3 nitrogen and oxygen atoms in total. The number of hydrogen-bond donors (Lipinski definition) is 0. The van der Waals surface area contributed by atoms with Gasteiger partial charge in [0.05, 0.1) is 0 Å². The second-order valence-corrected chi connectivity index (χ2v) is 4.13. The first-order chi connectivity index (χ1) is 9.92. The standard InChI is InChI=1S/C17H13NO2/c1-2-8-14(9-3-1)19-15-10-4-5-11-16(15)20-17-12-6-7-13-18-17/h1-13H. The first kappa shape index (κ1) is 12.2. The molecule has 0 N–H and O–H groups in total. The van der Waals surface area contributed by atoms with Crippen LogP contribution in [0.5, 0.6) is 23.1 Å². The molecule has 1 heterocycles. The van der Waals surface area contributed by atoms with E-state index in [1.54, 1.807) is 12.3 Å². The number of hydrogen-bond acceptors (Lipinski definition) is 3. The van der Waals surface area contributed by atoms with Crippen LogP contribution in [-0.4, -0.2) is 4.98 Å². The molecule has 0 radical (unpaired) electrons. The monoisotopic (exact) mass is 263 g/mol. The lowest BCUT2D eigenvalue weighted by atomic mass is 10.3. The van der Waals surface area contributed by atoms with E-state index in [0.717, 1.165) is 5.75 Å². The van der Waals surface area contributed by atoms with E-state index >= 15 is 0 Å². The minimum Gasteiger partial charge on any atom is -0.453 e. The van der Waals surface area contributed by atoms with Crippen molar-refractivity contribution in [2.45, 2.75) is 0 Å². The Morgan fingerprint density at radius 1 is 0.600 bits per heavy atom. The van der Waals surface area contributed by atoms with Gasteiger partial charge in [0.25, 0.3) is 0 Å². The molecule has 0 atom stereocenters. The Labute approximate surface area is 117 Å². The minimum absolute atomic E-state index is 0.539. The Hall–Kier alpha value is -2.81. The van der Waals surface area contributed by atoms with Gasteiger partial charge in [-0.2, -0.15) is 0 Å². The van der Waals surface area contributed by atoms with Gasteiger partial charge in [0.15, 0.2) is 11.5 Å². The van der Waals surface area contributed by atoms with Crippen LogP contribution in [0.15, 0.2) is 79.0 Å². The van der Waals surface area contributed by atoms with Gasteiger partial charge in [-0.05, 0) is 30.3 Å². The normalized spacial score (nSPS) is 10.0. The van der Waals surface area contributed by atoms with E-state index in [-0.39, 0.29) is 0 Å². The highest BCUT2D eigenvalue weighted by atomic mass is 16.5. The summed E-state index contributed by atoms with van der Waals surface area (Å²) >= 11 is 0. The van der Waals surface area contributed by atoms with Crippen molar-refractivity contribution in [1.29, 1.82) is 0 Å². The predicted octanol–water partition coefficient (Wildman–Crippen LogP) is 4.67. The van der Waals surface area contributed by atoms with Crippen molar-refractivity contribution >= 4 is 0 Å². The van der Waals surface area contributed by atoms with Crippen LogP contribution in [0.3, 0.4) is 0 Å². The fourth-order valence-corrected chi connectivity index (χ4v) is 1.75. The molecular formula is C17H13NO2. The van der Waals surface area contributed by atoms with Crippen molar-refractivity contribution in [3.05, 3.63) is 79.0 Å². The number of ether oxygens (including phenoxy) is 2. The largest absolute Gasteiger partial charge is 0.453 e. The van der Waals surface area contributed by atoms with Crippen molar-refractivity contribution in [2.75, 3.05) is 0 Å². The van der Waals surface area contributed by atoms with E-state index in [4.69, 9.17) is 9.47 Å². The van der Waals surface area contributed by atoms with Crippen LogP contribution in [-0.2, 0) is 0 Å². The lowest BCUT2D eigenvalue weighted by Crippen LogP contribution is -1.91. The van der Waals surface area contributed by atoms with Gasteiger partial charge in [-0.15, -0.1) is 0 Å². The molecular weight excluding hydrogens is 250 g/mol. The molecule has 0 aliphatic heterocycles. The summed E-state index contributed by atoms with van der Waals surface area (Å²) in [6, 6.07) is 22.7. The van der Waals surface area contributed by atoms with Crippen LogP contribution in [0.2, 0.25) is 0 Å². The molecule has 0 saturated carbocycles. The number of rotatable bonds is 4. The van der Waals surface area contributed by atoms with Gasteiger partial charge >= 0.3 is 0 Å². The van der Waals surface area contributed by atoms with Crippen molar-refractivity contribution < 1.29 is 9.47 Å². The van der Waals surface area contributed by atoms with Crippen LogP contribution < -0.4 is 9.47 Å². The highest BCUT2D eigenvalue weighted by Crippen LogP contribution is 2.33. The van der Waals surface area contributed by atoms with Crippen molar-refractivity contribution in [3.63, 3.8) is 0 Å². The summed E-state index contributed by atoms with van der Waals surface area (Å²) in [5, 5.41) is 0. The maximum Gasteiger partial charge on any atom is 0.219 e. The average molecular weight is 263 g/mol. The molecule has 0 unspecified atom stereocenters. The van der Waals surface area contributed by atoms with E-state index < -0.39 is 0 Å². The van der Waals surface area contributed by atoms with Crippen molar-refractivity contribution in [3.8, 4) is 23.1 Å². The first-order valence-corrected chi connectivity index (χ1v) is 6.33. The minimum atomic E-state index is 0.539. The van der Waals surface area contributed by atoms with Crippen LogP contribution >= 0.6 is 0 Å². The molecule has 0 amide bonds. The zero-order chi connectivity index (χ0) is 13.6. The predicted molar refractivity (Wildman–Crippen MR) is 77.3 cm³/mol. The summed E-state index contributed by atoms with van der Waals surface area (Å²) in [4.78, 5) is 4.14. The number of aromatic nitrogens is 1. The SMILES string of the molecule is c1ccc(Oc2ccccc2Oc2ccccn2)cc1. The second kappa shape index (κ2) is 5.89. The molecule has 1 aromatic heterocycles. The van der Waals surface area contributed by atoms with E-state index in [9.17, 15) is 0 Å². The van der Waals surface area contributed by atoms with Crippen molar-refractivity contribution in [1.82, 2.24) is 4.98 Å². The molecule has 0 saturated heterocycles. The molecule has 3 heteroatoms. The molecule has 3 aromatic rings. The Balaban J connectivity index is 1.85. The summed E-state index contributed by atoms with van der Waals surface area (Å²) in [5.41, 5.74) is 0. The van der Waals surface area contributed by atoms with Gasteiger partial charge < -0.3 is 9.47 Å². The van der Waals surface area contributed by atoms with Gasteiger partial charge in [-0.25, -0.2) is 4.98 Å². The van der Waals surface area contributed by atoms with E-state index in [2.05, 4.69) is 4.98 Å². The lowest BCUT2D eigenvalue weighted by molar-refractivity contribution is 0.409. The van der Waals surface area contributed by atoms with Crippen LogP contribution in [0.25, 0.3) is 0 Å². The second-order valence-electron chi connectivity index (χ2n) is 4.13. The number of nitrogens with zero attached hydrogens (tertiary/aromatic N) is 1. The molecule has 2 aromatic carbocycles. The molecule has 20 heavy (non-hydrogen) atoms. The summed E-state index contributed by atoms with van der Waals surface area (Å²) in [5.74, 6) is 2.60. The fourth-order valence-electron chi connectivity index (χ4n) is 1.75. The Bertz CT molecular complexity index is 608. The maximum atomic E-state index is 5.83. The molecule has 0 spiro atoms. The first-order valence-electron chi connectivity index (χ1n) is 6.33. The highest BCUT2D eigenvalue weighted by Gasteiger charge is 2.06. The molecule has 0 aliphatic carbocycles. The molecule has 3 rings (SSSR count). The third-order valence-electron chi connectivity index (χ3n) is 2.67. The van der Waals surface area contributed by atoms with Gasteiger partial charge in [0.2, 0.25) is 5.88 Å². The smallest absolute Gasteiger partial charge is 0.219 e. The molecule has 0 fully saturated rings. The van der Waals surface area contributed by atoms with Gasteiger partial charge in [-0.3, -0.25) is 0 Å². The van der Waals surface area contributed by atoms with Crippen LogP contribution in [0, 0.1) is 0 Å². The summed E-state index contributed by atoms with van der Waals surface area (Å²) < 4.78 is 11.6. The van der Waals surface area contributed by atoms with Crippen LogP contribution in [0.4, 0.5) is 0 Å². The Kier molecular flexibility index (Phi) is 3.60. The Morgan fingerprint density at radius 3 is 1.95 bits per heavy atom. The maximum absolute atomic E-state index is 5.83. The third-order valence-corrected chi connectivity index (χ3v) is 2.67. The summed E-state index contributed by atoms with van der Waals surface area (Å²) in [6.45, 7) is 0. The summed E-state index contributed by atoms with van der Waals surface area (Å²) in [7, 11) is 0. The van der Waals surface area contributed by atoms with Crippen molar-refractivity contribution in [2.24, 2.45) is 0 Å². The molecule has 98 valence electrons. The lowest BCUT2D eigenvalue weighted by Gasteiger charge is -2.11. The zero-order valence-electron chi connectivity index (χ0n) is 10.8. The summed E-state index contributed by atoms with van der Waals surface area (Å²) in [6.07, 6.45) is 1.69. The van der Waals surface area contributed by atoms with E-state index in [0.29, 0.717) is 17.4 Å². The highest BCUT2D eigenvalue weighted by molar-refractivity contribution is 5.44. The number of para-hydroxylation sites is 3. The van der Waals surface area contributed by atoms with Crippen LogP contribution in [0.1, 0.15) is 0 Å². The third kappa shape index (κ3) is 2.95. The fraction of sp³-hybridized carbons (Fsp3) is 0. The van der Waals surface area contributed by atoms with Gasteiger partial charge in [0, 0.05) is 12.3 Å². The molecule has 0 aliphatic rings. The average Bonchev–Trinajstić information content (AvgIpc) is 2.51. The van der Waals surface area contributed by atoms with Gasteiger partial charge in [0.1, 0.15) is 5.75 Å². The zero-order valence-corrected chi connectivity index (χ0v) is 10.8. The van der Waals surface area contributed by atoms with Gasteiger partial charge in [-0.1, -0.05) is 36.4 Å². The number of benzene rings is 2. The van der Waals surface area contributed by atoms with E-state index in [1.807, 2.05) is 66.7 Å². The topological polar surface area (TPSA) is 31.4 Å².